The molecule has 1 aromatic carbocycles. The van der Waals surface area contributed by atoms with Crippen LogP contribution in [0.1, 0.15) is 5.56 Å². The van der Waals surface area contributed by atoms with Gasteiger partial charge < -0.3 is 5.11 Å². The SMILES string of the molecule is Oc1ccc(/C=N\n2cn[nH]c2=S)cc1. The number of aromatic hydroxyl groups is 1. The molecule has 0 aliphatic carbocycles. The van der Waals surface area contributed by atoms with Gasteiger partial charge in [-0.3, -0.25) is 5.10 Å². The molecule has 2 aromatic rings. The van der Waals surface area contributed by atoms with Crippen LogP contribution in [0.5, 0.6) is 5.75 Å². The summed E-state index contributed by atoms with van der Waals surface area (Å²) in [5.74, 6) is 0.229. The van der Waals surface area contributed by atoms with Crippen molar-refractivity contribution in [1.29, 1.82) is 0 Å². The predicted molar refractivity (Wildman–Crippen MR) is 58.5 cm³/mol. The van der Waals surface area contributed by atoms with Crippen LogP contribution >= 0.6 is 12.2 Å². The summed E-state index contributed by atoms with van der Waals surface area (Å²) >= 11 is 4.91. The molecule has 0 aliphatic heterocycles. The first-order valence-corrected chi connectivity index (χ1v) is 4.62. The second-order valence-electron chi connectivity index (χ2n) is 2.84. The van der Waals surface area contributed by atoms with Crippen LogP contribution in [0.15, 0.2) is 35.7 Å². The van der Waals surface area contributed by atoms with Crippen molar-refractivity contribution < 1.29 is 5.11 Å². The third-order valence-electron chi connectivity index (χ3n) is 1.76. The third-order valence-corrected chi connectivity index (χ3v) is 2.04. The molecule has 2 rings (SSSR count). The zero-order valence-electron chi connectivity index (χ0n) is 7.66. The fourth-order valence-corrected chi connectivity index (χ4v) is 1.16. The van der Waals surface area contributed by atoms with Gasteiger partial charge in [0, 0.05) is 0 Å². The van der Waals surface area contributed by atoms with Crippen LogP contribution in [0.4, 0.5) is 0 Å². The molecule has 0 spiro atoms. The van der Waals surface area contributed by atoms with Crippen molar-refractivity contribution in [3.05, 3.63) is 40.9 Å². The van der Waals surface area contributed by atoms with Gasteiger partial charge in [-0.25, -0.2) is 0 Å². The summed E-state index contributed by atoms with van der Waals surface area (Å²) in [6.45, 7) is 0. The van der Waals surface area contributed by atoms with Crippen molar-refractivity contribution in [2.75, 3.05) is 0 Å². The maximum atomic E-state index is 9.07. The highest BCUT2D eigenvalue weighted by atomic mass is 32.1. The van der Waals surface area contributed by atoms with Gasteiger partial charge in [0.05, 0.1) is 6.21 Å². The van der Waals surface area contributed by atoms with Crippen molar-refractivity contribution in [1.82, 2.24) is 14.9 Å². The van der Waals surface area contributed by atoms with E-state index in [4.69, 9.17) is 17.3 Å². The third kappa shape index (κ3) is 2.29. The van der Waals surface area contributed by atoms with Crippen LogP contribution in [0, 0.1) is 4.77 Å². The zero-order valence-corrected chi connectivity index (χ0v) is 8.48. The van der Waals surface area contributed by atoms with Gasteiger partial charge in [-0.15, -0.1) is 0 Å². The molecule has 0 unspecified atom stereocenters. The summed E-state index contributed by atoms with van der Waals surface area (Å²) in [6.07, 6.45) is 3.12. The summed E-state index contributed by atoms with van der Waals surface area (Å²) in [4.78, 5) is 0. The molecule has 1 heterocycles. The number of hydrogen-bond donors (Lipinski definition) is 2. The van der Waals surface area contributed by atoms with E-state index in [1.165, 1.54) is 11.0 Å². The van der Waals surface area contributed by atoms with E-state index in [0.29, 0.717) is 4.77 Å². The number of nitrogens with zero attached hydrogens (tertiary/aromatic N) is 3. The molecule has 0 aliphatic rings. The molecule has 5 nitrogen and oxygen atoms in total. The Morgan fingerprint density at radius 1 is 1.40 bits per heavy atom. The molecule has 0 saturated carbocycles. The van der Waals surface area contributed by atoms with Gasteiger partial charge in [0.25, 0.3) is 0 Å². The maximum Gasteiger partial charge on any atom is 0.216 e. The van der Waals surface area contributed by atoms with Crippen molar-refractivity contribution >= 4 is 18.4 Å². The van der Waals surface area contributed by atoms with Gasteiger partial charge in [-0.05, 0) is 42.0 Å². The van der Waals surface area contributed by atoms with Gasteiger partial charge in [0.2, 0.25) is 4.77 Å². The highest BCUT2D eigenvalue weighted by molar-refractivity contribution is 7.71. The Morgan fingerprint density at radius 3 is 2.73 bits per heavy atom. The highest BCUT2D eigenvalue weighted by Gasteiger charge is 1.90. The molecule has 1 aromatic heterocycles. The Morgan fingerprint density at radius 2 is 2.13 bits per heavy atom. The van der Waals surface area contributed by atoms with E-state index in [1.807, 2.05) is 0 Å². The molecule has 0 bridgehead atoms. The molecule has 2 N–H and O–H groups in total. The first-order valence-electron chi connectivity index (χ1n) is 4.21. The number of nitrogens with one attached hydrogen (secondary N) is 1. The largest absolute Gasteiger partial charge is 0.508 e. The number of phenolic OH excluding ortho intramolecular Hbond substituents is 1. The second kappa shape index (κ2) is 4.05. The van der Waals surface area contributed by atoms with E-state index >= 15 is 0 Å². The highest BCUT2D eigenvalue weighted by Crippen LogP contribution is 2.07. The Balaban J connectivity index is 2.22. The van der Waals surface area contributed by atoms with Gasteiger partial charge in [-0.1, -0.05) is 0 Å². The lowest BCUT2D eigenvalue weighted by Gasteiger charge is -1.93. The minimum Gasteiger partial charge on any atom is -0.508 e. The first kappa shape index (κ1) is 9.60. The molecule has 0 amide bonds. The van der Waals surface area contributed by atoms with Crippen LogP contribution in [0.25, 0.3) is 0 Å². The number of phenols is 1. The molecular weight excluding hydrogens is 212 g/mol. The average Bonchev–Trinajstić information content (AvgIpc) is 2.63. The molecular formula is C9H8N4OS. The summed E-state index contributed by atoms with van der Waals surface area (Å²) in [6, 6.07) is 6.69. The Kier molecular flexibility index (Phi) is 2.59. The van der Waals surface area contributed by atoms with Crippen LogP contribution in [-0.4, -0.2) is 26.2 Å². The molecule has 0 saturated heterocycles. The second-order valence-corrected chi connectivity index (χ2v) is 3.23. The van der Waals surface area contributed by atoms with E-state index in [2.05, 4.69) is 15.3 Å². The van der Waals surface area contributed by atoms with E-state index in [0.717, 1.165) is 5.56 Å². The average molecular weight is 220 g/mol. The molecule has 6 heteroatoms. The lowest BCUT2D eigenvalue weighted by molar-refractivity contribution is 0.475. The minimum atomic E-state index is 0.229. The number of rotatable bonds is 2. The number of benzene rings is 1. The van der Waals surface area contributed by atoms with E-state index < -0.39 is 0 Å². The summed E-state index contributed by atoms with van der Waals surface area (Å²) in [5.41, 5.74) is 0.871. The van der Waals surface area contributed by atoms with Crippen molar-refractivity contribution in [2.45, 2.75) is 0 Å². The Bertz CT molecular complexity index is 526. The lowest BCUT2D eigenvalue weighted by atomic mass is 10.2. The fourth-order valence-electron chi connectivity index (χ4n) is 1.01. The minimum absolute atomic E-state index is 0.229. The quantitative estimate of drug-likeness (QED) is 0.595. The Labute approximate surface area is 90.7 Å². The van der Waals surface area contributed by atoms with Crippen molar-refractivity contribution in [3.63, 3.8) is 0 Å². The number of aromatic nitrogens is 3. The van der Waals surface area contributed by atoms with Crippen molar-refractivity contribution in [2.24, 2.45) is 5.10 Å². The lowest BCUT2D eigenvalue weighted by Crippen LogP contribution is -1.88. The number of aromatic amines is 1. The summed E-state index contributed by atoms with van der Waals surface area (Å²) in [7, 11) is 0. The zero-order chi connectivity index (χ0) is 10.7. The van der Waals surface area contributed by atoms with Crippen LogP contribution < -0.4 is 0 Å². The van der Waals surface area contributed by atoms with Gasteiger partial charge in [-0.2, -0.15) is 14.9 Å². The van der Waals surface area contributed by atoms with Crippen LogP contribution in [0.2, 0.25) is 0 Å². The molecule has 0 radical (unpaired) electrons. The van der Waals surface area contributed by atoms with Crippen molar-refractivity contribution in [3.8, 4) is 5.75 Å². The molecule has 0 atom stereocenters. The van der Waals surface area contributed by atoms with E-state index in [9.17, 15) is 0 Å². The standard InChI is InChI=1S/C9H8N4OS/c14-8-3-1-7(2-4-8)5-11-13-6-10-12-9(13)15/h1-6,14H,(H,12,15)/b11-5-. The van der Waals surface area contributed by atoms with E-state index in [-0.39, 0.29) is 5.75 Å². The number of H-pyrrole nitrogens is 1. The molecule has 76 valence electrons. The molecule has 0 fully saturated rings. The fraction of sp³-hybridized carbons (Fsp3) is 0. The molecule has 15 heavy (non-hydrogen) atoms. The number of hydrogen-bond acceptors (Lipinski definition) is 4. The van der Waals surface area contributed by atoms with E-state index in [1.54, 1.807) is 30.5 Å². The maximum absolute atomic E-state index is 9.07. The summed E-state index contributed by atoms with van der Waals surface area (Å²) < 4.78 is 1.88. The van der Waals surface area contributed by atoms with Crippen LogP contribution in [0.3, 0.4) is 0 Å². The van der Waals surface area contributed by atoms with Crippen LogP contribution in [-0.2, 0) is 0 Å². The first-order chi connectivity index (χ1) is 7.25. The van der Waals surface area contributed by atoms with Gasteiger partial charge in [0.1, 0.15) is 12.1 Å². The monoisotopic (exact) mass is 220 g/mol. The normalized spacial score (nSPS) is 10.9. The van der Waals surface area contributed by atoms with Gasteiger partial charge in [0.15, 0.2) is 0 Å². The van der Waals surface area contributed by atoms with Gasteiger partial charge >= 0.3 is 0 Å². The smallest absolute Gasteiger partial charge is 0.216 e. The predicted octanol–water partition coefficient (Wildman–Crippen LogP) is 1.53. The summed E-state index contributed by atoms with van der Waals surface area (Å²) in [5, 5.41) is 19.5. The topological polar surface area (TPSA) is 66.2 Å². The Hall–Kier alpha value is -1.95.